The maximum Gasteiger partial charge on any atom is 0.337 e. The third-order valence-electron chi connectivity index (χ3n) is 2.96. The Kier molecular flexibility index (Phi) is 4.28. The lowest BCUT2D eigenvalue weighted by Crippen LogP contribution is -2.16. The number of carboxylic acids is 1. The Hall–Kier alpha value is -2.34. The van der Waals surface area contributed by atoms with Crippen LogP contribution in [0.2, 0.25) is 0 Å². The van der Waals surface area contributed by atoms with Crippen molar-refractivity contribution in [1.29, 1.82) is 0 Å². The number of nitrogens with two attached hydrogens (primary N) is 1. The molecule has 0 saturated heterocycles. The number of amides is 1. The Morgan fingerprint density at radius 2 is 1.90 bits per heavy atom. The summed E-state index contributed by atoms with van der Waals surface area (Å²) in [5, 5.41) is 11.7. The molecule has 0 aliphatic heterocycles. The van der Waals surface area contributed by atoms with Gasteiger partial charge in [0.25, 0.3) is 5.91 Å². The average Bonchev–Trinajstić information content (AvgIpc) is 2.41. The van der Waals surface area contributed by atoms with Crippen molar-refractivity contribution in [2.75, 3.05) is 11.1 Å². The molecule has 5 nitrogen and oxygen atoms in total. The first-order valence-electron chi connectivity index (χ1n) is 6.09. The lowest BCUT2D eigenvalue weighted by atomic mass is 10.1. The number of carbonyl (C=O) groups is 2. The molecule has 0 bridgehead atoms. The van der Waals surface area contributed by atoms with E-state index in [4.69, 9.17) is 10.8 Å². The Morgan fingerprint density at radius 3 is 2.57 bits per heavy atom. The molecule has 21 heavy (non-hydrogen) atoms. The quantitative estimate of drug-likeness (QED) is 0.742. The number of nitrogen functional groups attached to an aromatic ring is 1. The van der Waals surface area contributed by atoms with Crippen LogP contribution in [0.3, 0.4) is 0 Å². The fourth-order valence-electron chi connectivity index (χ4n) is 1.86. The molecule has 6 heteroatoms. The van der Waals surface area contributed by atoms with E-state index in [2.05, 4.69) is 21.2 Å². The summed E-state index contributed by atoms with van der Waals surface area (Å²) in [5.74, 6) is -1.53. The van der Waals surface area contributed by atoms with Crippen LogP contribution >= 0.6 is 15.9 Å². The fourth-order valence-corrected chi connectivity index (χ4v) is 2.31. The SMILES string of the molecule is Cc1cccc(C(=O)Nc2cc(N)ccc2C(=O)O)c1Br. The van der Waals surface area contributed by atoms with E-state index in [1.165, 1.54) is 18.2 Å². The first-order valence-corrected chi connectivity index (χ1v) is 6.88. The summed E-state index contributed by atoms with van der Waals surface area (Å²) in [5.41, 5.74) is 7.51. The van der Waals surface area contributed by atoms with Gasteiger partial charge in [-0.05, 0) is 52.7 Å². The first-order chi connectivity index (χ1) is 9.90. The van der Waals surface area contributed by atoms with Crippen LogP contribution < -0.4 is 11.1 Å². The summed E-state index contributed by atoms with van der Waals surface area (Å²) in [6.07, 6.45) is 0. The number of rotatable bonds is 3. The fraction of sp³-hybridized carbons (Fsp3) is 0.0667. The second-order valence-electron chi connectivity index (χ2n) is 4.50. The van der Waals surface area contributed by atoms with Gasteiger partial charge in [0.1, 0.15) is 0 Å². The number of hydrogen-bond donors (Lipinski definition) is 3. The second kappa shape index (κ2) is 5.97. The highest BCUT2D eigenvalue weighted by molar-refractivity contribution is 9.10. The molecule has 0 heterocycles. The van der Waals surface area contributed by atoms with Gasteiger partial charge in [-0.2, -0.15) is 0 Å². The molecule has 2 aromatic carbocycles. The van der Waals surface area contributed by atoms with Crippen LogP contribution in [0, 0.1) is 6.92 Å². The van der Waals surface area contributed by atoms with Crippen molar-refractivity contribution in [2.24, 2.45) is 0 Å². The molecule has 0 radical (unpaired) electrons. The molecule has 108 valence electrons. The molecule has 0 unspecified atom stereocenters. The van der Waals surface area contributed by atoms with Crippen LogP contribution in [0.5, 0.6) is 0 Å². The Bertz CT molecular complexity index is 729. The van der Waals surface area contributed by atoms with Crippen LogP contribution in [0.15, 0.2) is 40.9 Å². The van der Waals surface area contributed by atoms with Gasteiger partial charge in [-0.25, -0.2) is 4.79 Å². The second-order valence-corrected chi connectivity index (χ2v) is 5.29. The van der Waals surface area contributed by atoms with Gasteiger partial charge in [0.15, 0.2) is 0 Å². The van der Waals surface area contributed by atoms with E-state index < -0.39 is 11.9 Å². The Balaban J connectivity index is 2.38. The first kappa shape index (κ1) is 15.1. The van der Waals surface area contributed by atoms with Crippen molar-refractivity contribution in [3.05, 3.63) is 57.6 Å². The van der Waals surface area contributed by atoms with Crippen LogP contribution in [-0.4, -0.2) is 17.0 Å². The number of hydrogen-bond acceptors (Lipinski definition) is 3. The number of aromatic carboxylic acids is 1. The summed E-state index contributed by atoms with van der Waals surface area (Å²) < 4.78 is 0.670. The molecule has 0 spiro atoms. The normalized spacial score (nSPS) is 10.2. The van der Waals surface area contributed by atoms with E-state index in [0.29, 0.717) is 15.7 Å². The van der Waals surface area contributed by atoms with E-state index in [1.54, 1.807) is 12.1 Å². The van der Waals surface area contributed by atoms with Crippen LogP contribution in [0.4, 0.5) is 11.4 Å². The maximum absolute atomic E-state index is 12.3. The molecule has 2 rings (SSSR count). The van der Waals surface area contributed by atoms with Crippen molar-refractivity contribution in [3.63, 3.8) is 0 Å². The maximum atomic E-state index is 12.3. The zero-order valence-electron chi connectivity index (χ0n) is 11.2. The number of anilines is 2. The molecule has 4 N–H and O–H groups in total. The third kappa shape index (κ3) is 3.22. The van der Waals surface area contributed by atoms with Gasteiger partial charge in [-0.15, -0.1) is 0 Å². The van der Waals surface area contributed by atoms with Gasteiger partial charge in [0.2, 0.25) is 0 Å². The monoisotopic (exact) mass is 348 g/mol. The van der Waals surface area contributed by atoms with Crippen molar-refractivity contribution in [2.45, 2.75) is 6.92 Å². The molecular formula is C15H13BrN2O3. The van der Waals surface area contributed by atoms with Crippen molar-refractivity contribution < 1.29 is 14.7 Å². The lowest BCUT2D eigenvalue weighted by Gasteiger charge is -2.11. The van der Waals surface area contributed by atoms with Gasteiger partial charge in [0, 0.05) is 10.2 Å². The zero-order chi connectivity index (χ0) is 15.6. The highest BCUT2D eigenvalue weighted by Gasteiger charge is 2.16. The summed E-state index contributed by atoms with van der Waals surface area (Å²) in [6.45, 7) is 1.87. The number of halogens is 1. The van der Waals surface area contributed by atoms with Gasteiger partial charge in [-0.3, -0.25) is 4.79 Å². The van der Waals surface area contributed by atoms with Gasteiger partial charge in [-0.1, -0.05) is 12.1 Å². The minimum Gasteiger partial charge on any atom is -0.478 e. The molecule has 0 fully saturated rings. The number of carboxylic acid groups (broad SMARTS) is 1. The van der Waals surface area contributed by atoms with Crippen LogP contribution in [-0.2, 0) is 0 Å². The Morgan fingerprint density at radius 1 is 1.19 bits per heavy atom. The topological polar surface area (TPSA) is 92.4 Å². The largest absolute Gasteiger partial charge is 0.478 e. The van der Waals surface area contributed by atoms with Crippen LogP contribution in [0.25, 0.3) is 0 Å². The Labute approximate surface area is 129 Å². The zero-order valence-corrected chi connectivity index (χ0v) is 12.8. The van der Waals surface area contributed by atoms with Crippen molar-refractivity contribution in [1.82, 2.24) is 0 Å². The predicted octanol–water partition coefficient (Wildman–Crippen LogP) is 3.29. The molecule has 0 atom stereocenters. The molecule has 2 aromatic rings. The summed E-state index contributed by atoms with van der Waals surface area (Å²) >= 11 is 3.35. The van der Waals surface area contributed by atoms with E-state index >= 15 is 0 Å². The van der Waals surface area contributed by atoms with Crippen molar-refractivity contribution >= 4 is 39.2 Å². The van der Waals surface area contributed by atoms with E-state index in [9.17, 15) is 9.59 Å². The van der Waals surface area contributed by atoms with Gasteiger partial charge < -0.3 is 16.2 Å². The molecule has 1 amide bonds. The number of benzene rings is 2. The standard InChI is InChI=1S/C15H13BrN2O3/c1-8-3-2-4-11(13(8)16)14(19)18-12-7-9(17)5-6-10(12)15(20)21/h2-7H,17H2,1H3,(H,18,19)(H,20,21). The minimum absolute atomic E-state index is 0.0127. The molecule has 0 aliphatic carbocycles. The van der Waals surface area contributed by atoms with Crippen molar-refractivity contribution in [3.8, 4) is 0 Å². The lowest BCUT2D eigenvalue weighted by molar-refractivity contribution is 0.0698. The van der Waals surface area contributed by atoms with E-state index in [-0.39, 0.29) is 11.3 Å². The average molecular weight is 349 g/mol. The predicted molar refractivity (Wildman–Crippen MR) is 84.6 cm³/mol. The number of carbonyl (C=O) groups excluding carboxylic acids is 1. The van der Waals surface area contributed by atoms with E-state index in [0.717, 1.165) is 5.56 Å². The summed E-state index contributed by atoms with van der Waals surface area (Å²) in [6, 6.07) is 9.53. The third-order valence-corrected chi connectivity index (χ3v) is 4.01. The number of nitrogens with one attached hydrogen (secondary N) is 1. The highest BCUT2D eigenvalue weighted by Crippen LogP contribution is 2.24. The molecule has 0 saturated carbocycles. The van der Waals surface area contributed by atoms with Gasteiger partial charge >= 0.3 is 5.97 Å². The van der Waals surface area contributed by atoms with E-state index in [1.807, 2.05) is 13.0 Å². The molecule has 0 aromatic heterocycles. The molecular weight excluding hydrogens is 336 g/mol. The van der Waals surface area contributed by atoms with Crippen LogP contribution in [0.1, 0.15) is 26.3 Å². The smallest absolute Gasteiger partial charge is 0.337 e. The molecule has 0 aliphatic rings. The van der Waals surface area contributed by atoms with Gasteiger partial charge in [0.05, 0.1) is 16.8 Å². The highest BCUT2D eigenvalue weighted by atomic mass is 79.9. The summed E-state index contributed by atoms with van der Waals surface area (Å²) in [4.78, 5) is 23.5. The minimum atomic E-state index is -1.13. The summed E-state index contributed by atoms with van der Waals surface area (Å²) in [7, 11) is 0. The number of aryl methyl sites for hydroxylation is 1.